The van der Waals surface area contributed by atoms with Gasteiger partial charge in [-0.15, -0.1) is 0 Å². The van der Waals surface area contributed by atoms with Crippen LogP contribution in [-0.4, -0.2) is 83.2 Å². The number of likely N-dealkylation sites (tertiary alicyclic amines) is 1. The van der Waals surface area contributed by atoms with Gasteiger partial charge in [0.1, 0.15) is 11.4 Å². The van der Waals surface area contributed by atoms with Crippen LogP contribution in [0.5, 0.6) is 5.75 Å². The highest BCUT2D eigenvalue weighted by Crippen LogP contribution is 2.24. The van der Waals surface area contributed by atoms with E-state index in [4.69, 9.17) is 4.74 Å². The van der Waals surface area contributed by atoms with Gasteiger partial charge in [-0.1, -0.05) is 0 Å². The lowest BCUT2D eigenvalue weighted by molar-refractivity contribution is -0.137. The van der Waals surface area contributed by atoms with E-state index in [-0.39, 0.29) is 17.7 Å². The second-order valence-electron chi connectivity index (χ2n) is 9.00. The first kappa shape index (κ1) is 22.9. The number of hydrogen-bond acceptors (Lipinski definition) is 6. The highest BCUT2D eigenvalue weighted by atomic mass is 16.5. The lowest BCUT2D eigenvalue weighted by Gasteiger charge is -2.39. The number of amides is 2. The molecule has 2 saturated heterocycles. The molecule has 5 rings (SSSR count). The number of nitrogens with one attached hydrogen (secondary N) is 1. The molecule has 0 unspecified atom stereocenters. The van der Waals surface area contributed by atoms with Crippen LogP contribution in [0.3, 0.4) is 0 Å². The highest BCUT2D eigenvalue weighted by Gasteiger charge is 2.33. The normalized spacial score (nSPS) is 18.4. The minimum atomic E-state index is -0.164. The number of rotatable bonds is 5. The molecule has 1 N–H and O–H groups in total. The molecule has 0 aliphatic carbocycles. The zero-order valence-corrected chi connectivity index (χ0v) is 19.9. The lowest BCUT2D eigenvalue weighted by atomic mass is 9.96. The van der Waals surface area contributed by atoms with E-state index in [0.717, 1.165) is 42.9 Å². The number of aromatic nitrogens is 3. The third-order valence-electron chi connectivity index (χ3n) is 6.87. The Balaban J connectivity index is 1.17. The maximum absolute atomic E-state index is 13.3. The number of hydrogen-bond donors (Lipinski definition) is 1. The van der Waals surface area contributed by atoms with Gasteiger partial charge in [0.05, 0.1) is 18.7 Å². The van der Waals surface area contributed by atoms with Crippen LogP contribution < -0.4 is 9.64 Å². The van der Waals surface area contributed by atoms with Gasteiger partial charge in [-0.05, 0) is 55.3 Å². The zero-order chi connectivity index (χ0) is 24.2. The van der Waals surface area contributed by atoms with Crippen LogP contribution in [0.1, 0.15) is 23.3 Å². The molecule has 2 fully saturated rings. The van der Waals surface area contributed by atoms with Gasteiger partial charge in [0.15, 0.2) is 0 Å². The summed E-state index contributed by atoms with van der Waals surface area (Å²) in [5.41, 5.74) is 3.18. The van der Waals surface area contributed by atoms with Crippen LogP contribution in [0.4, 0.5) is 5.69 Å². The summed E-state index contributed by atoms with van der Waals surface area (Å²) < 4.78 is 5.24. The number of anilines is 1. The molecule has 1 atom stereocenters. The maximum atomic E-state index is 13.3. The summed E-state index contributed by atoms with van der Waals surface area (Å²) in [6.07, 6.45) is 5.03. The van der Waals surface area contributed by atoms with Gasteiger partial charge >= 0.3 is 0 Å². The summed E-state index contributed by atoms with van der Waals surface area (Å²) in [6.45, 7) is 4.05. The van der Waals surface area contributed by atoms with E-state index in [1.807, 2.05) is 29.2 Å². The van der Waals surface area contributed by atoms with Crippen molar-refractivity contribution < 1.29 is 14.3 Å². The van der Waals surface area contributed by atoms with E-state index in [1.54, 1.807) is 30.5 Å². The number of ether oxygens (including phenoxy) is 1. The van der Waals surface area contributed by atoms with Crippen LogP contribution in [0.2, 0.25) is 0 Å². The molecule has 2 aromatic heterocycles. The molecule has 0 bridgehead atoms. The first-order valence-electron chi connectivity index (χ1n) is 12.1. The van der Waals surface area contributed by atoms with Crippen molar-refractivity contribution in [3.8, 4) is 17.0 Å². The molecule has 0 saturated carbocycles. The molecule has 2 aliphatic rings. The smallest absolute Gasteiger partial charge is 0.271 e. The van der Waals surface area contributed by atoms with Crippen molar-refractivity contribution in [2.75, 3.05) is 51.3 Å². The molecule has 0 radical (unpaired) electrons. The predicted molar refractivity (Wildman–Crippen MR) is 132 cm³/mol. The number of carbonyl (C=O) groups excluding carboxylic acids is 2. The summed E-state index contributed by atoms with van der Waals surface area (Å²) >= 11 is 0. The van der Waals surface area contributed by atoms with Gasteiger partial charge in [0.25, 0.3) is 5.91 Å². The number of carbonyl (C=O) groups is 2. The van der Waals surface area contributed by atoms with Gasteiger partial charge in [-0.25, -0.2) is 0 Å². The molecular weight excluding hydrogens is 444 g/mol. The molecular formula is C26H30N6O3. The van der Waals surface area contributed by atoms with Crippen molar-refractivity contribution in [2.24, 2.45) is 5.92 Å². The molecule has 9 nitrogen and oxygen atoms in total. The zero-order valence-electron chi connectivity index (χ0n) is 19.9. The molecule has 3 aromatic rings. The van der Waals surface area contributed by atoms with E-state index in [0.29, 0.717) is 37.6 Å². The van der Waals surface area contributed by atoms with E-state index in [1.165, 1.54) is 0 Å². The molecule has 4 heterocycles. The van der Waals surface area contributed by atoms with E-state index < -0.39 is 0 Å². The average Bonchev–Trinajstić information content (AvgIpc) is 3.43. The number of piperazine rings is 1. The summed E-state index contributed by atoms with van der Waals surface area (Å²) in [7, 11) is 1.66. The molecule has 2 amide bonds. The van der Waals surface area contributed by atoms with Crippen LogP contribution in [0, 0.1) is 5.92 Å². The Morgan fingerprint density at radius 3 is 2.43 bits per heavy atom. The quantitative estimate of drug-likeness (QED) is 0.611. The molecule has 9 heteroatoms. The van der Waals surface area contributed by atoms with Gasteiger partial charge in [-0.3, -0.25) is 19.7 Å². The fraction of sp³-hybridized carbons (Fsp3) is 0.385. The molecule has 2 aliphatic heterocycles. The number of piperidine rings is 1. The minimum absolute atomic E-state index is 0.111. The maximum Gasteiger partial charge on any atom is 0.271 e. The fourth-order valence-corrected chi connectivity index (χ4v) is 4.87. The standard InChI is InChI=1S/C26H30N6O3/c1-35-22-6-4-21(5-7-22)30-13-15-31(16-14-30)25(33)20-3-2-12-32(18-20)26(34)24-17-23(28-29-24)19-8-10-27-11-9-19/h4-11,17,20H,2-3,12-16,18H2,1H3,(H,28,29)/t20-/m1/s1. The monoisotopic (exact) mass is 474 g/mol. The second-order valence-corrected chi connectivity index (χ2v) is 9.00. The van der Waals surface area contributed by atoms with E-state index >= 15 is 0 Å². The molecule has 1 aromatic carbocycles. The van der Waals surface area contributed by atoms with Crippen molar-refractivity contribution in [1.82, 2.24) is 25.0 Å². The molecule has 182 valence electrons. The van der Waals surface area contributed by atoms with Crippen LogP contribution in [0.15, 0.2) is 54.9 Å². The van der Waals surface area contributed by atoms with Gasteiger partial charge in [0.2, 0.25) is 5.91 Å². The first-order chi connectivity index (χ1) is 17.1. The van der Waals surface area contributed by atoms with E-state index in [2.05, 4.69) is 32.2 Å². The second kappa shape index (κ2) is 10.2. The van der Waals surface area contributed by atoms with Crippen LogP contribution in [-0.2, 0) is 4.79 Å². The fourth-order valence-electron chi connectivity index (χ4n) is 4.87. The molecule has 35 heavy (non-hydrogen) atoms. The Morgan fingerprint density at radius 1 is 0.971 bits per heavy atom. The number of aromatic amines is 1. The lowest BCUT2D eigenvalue weighted by Crippen LogP contribution is -2.53. The predicted octanol–water partition coefficient (Wildman–Crippen LogP) is 2.68. The number of methoxy groups -OCH3 is 1. The van der Waals surface area contributed by atoms with E-state index in [9.17, 15) is 9.59 Å². The van der Waals surface area contributed by atoms with Crippen molar-refractivity contribution in [3.63, 3.8) is 0 Å². The topological polar surface area (TPSA) is 94.7 Å². The Bertz CT molecular complexity index is 1160. The van der Waals surface area contributed by atoms with Gasteiger partial charge in [-0.2, -0.15) is 5.10 Å². The number of pyridine rings is 1. The Morgan fingerprint density at radius 2 is 1.71 bits per heavy atom. The highest BCUT2D eigenvalue weighted by molar-refractivity contribution is 5.94. The Hall–Kier alpha value is -3.88. The Labute approximate surface area is 204 Å². The summed E-state index contributed by atoms with van der Waals surface area (Å²) in [6, 6.07) is 13.5. The summed E-state index contributed by atoms with van der Waals surface area (Å²) in [4.78, 5) is 36.5. The van der Waals surface area contributed by atoms with Gasteiger partial charge in [0, 0.05) is 62.9 Å². The van der Waals surface area contributed by atoms with Gasteiger partial charge < -0.3 is 19.4 Å². The summed E-state index contributed by atoms with van der Waals surface area (Å²) in [5, 5.41) is 7.15. The van der Waals surface area contributed by atoms with Crippen LogP contribution >= 0.6 is 0 Å². The molecule has 0 spiro atoms. The number of H-pyrrole nitrogens is 1. The average molecular weight is 475 g/mol. The minimum Gasteiger partial charge on any atom is -0.497 e. The third kappa shape index (κ3) is 4.99. The third-order valence-corrected chi connectivity index (χ3v) is 6.87. The van der Waals surface area contributed by atoms with Crippen molar-refractivity contribution in [3.05, 3.63) is 60.6 Å². The number of nitrogens with zero attached hydrogens (tertiary/aromatic N) is 5. The largest absolute Gasteiger partial charge is 0.497 e. The van der Waals surface area contributed by atoms with Crippen molar-refractivity contribution in [2.45, 2.75) is 12.8 Å². The Kier molecular flexibility index (Phi) is 6.65. The first-order valence-corrected chi connectivity index (χ1v) is 12.1. The summed E-state index contributed by atoms with van der Waals surface area (Å²) in [5.74, 6) is 0.712. The number of benzene rings is 1. The van der Waals surface area contributed by atoms with Crippen LogP contribution in [0.25, 0.3) is 11.3 Å². The van der Waals surface area contributed by atoms with Crippen molar-refractivity contribution >= 4 is 17.5 Å². The SMILES string of the molecule is COc1ccc(N2CCN(C(=O)[C@@H]3CCCN(C(=O)c4cc(-c5ccncc5)n[nH]4)C3)CC2)cc1. The van der Waals surface area contributed by atoms with Crippen molar-refractivity contribution in [1.29, 1.82) is 0 Å².